The predicted octanol–water partition coefficient (Wildman–Crippen LogP) is 2.52. The Bertz CT molecular complexity index is 447. The van der Waals surface area contributed by atoms with E-state index < -0.39 is 5.97 Å². The summed E-state index contributed by atoms with van der Waals surface area (Å²) in [6.45, 7) is 0.846. The Balaban J connectivity index is 1.92. The number of carboxylic acid groups (broad SMARTS) is 1. The molecule has 1 aromatic heterocycles. The number of nitrogens with one attached hydrogen (secondary N) is 2. The van der Waals surface area contributed by atoms with Gasteiger partial charge in [0.2, 0.25) is 5.76 Å². The van der Waals surface area contributed by atoms with Crippen LogP contribution >= 0.6 is 0 Å². The van der Waals surface area contributed by atoms with E-state index in [1.807, 2.05) is 0 Å². The Morgan fingerprint density at radius 3 is 2.82 bits per heavy atom. The van der Waals surface area contributed by atoms with Crippen LogP contribution in [0.1, 0.15) is 42.7 Å². The van der Waals surface area contributed by atoms with Gasteiger partial charge in [-0.1, -0.05) is 19.3 Å². The molecule has 1 saturated carbocycles. The molecule has 3 rings (SSSR count). The third-order valence-corrected chi connectivity index (χ3v) is 3.80. The van der Waals surface area contributed by atoms with E-state index in [2.05, 4.69) is 10.6 Å². The van der Waals surface area contributed by atoms with Crippen LogP contribution in [0.4, 0.5) is 11.4 Å². The second-order valence-electron chi connectivity index (χ2n) is 4.98. The van der Waals surface area contributed by atoms with Crippen LogP contribution in [0.2, 0.25) is 0 Å². The lowest BCUT2D eigenvalue weighted by Gasteiger charge is -2.42. The van der Waals surface area contributed by atoms with Crippen molar-refractivity contribution in [1.82, 2.24) is 0 Å². The molecular weight excluding hydrogens is 220 g/mol. The Morgan fingerprint density at radius 1 is 1.35 bits per heavy atom. The minimum absolute atomic E-state index is 0.0112. The van der Waals surface area contributed by atoms with Crippen LogP contribution in [0, 0.1) is 0 Å². The highest BCUT2D eigenvalue weighted by Gasteiger charge is 2.38. The molecule has 5 heteroatoms. The Hall–Kier alpha value is -1.65. The minimum Gasteiger partial charge on any atom is -0.475 e. The molecular formula is C12H16N2O3. The van der Waals surface area contributed by atoms with E-state index in [0.717, 1.165) is 25.1 Å². The zero-order valence-corrected chi connectivity index (χ0v) is 9.58. The fraction of sp³-hybridized carbons (Fsp3) is 0.583. The van der Waals surface area contributed by atoms with Gasteiger partial charge in [0, 0.05) is 6.54 Å². The van der Waals surface area contributed by atoms with Crippen molar-refractivity contribution in [2.45, 2.75) is 37.6 Å². The smallest absolute Gasteiger partial charge is 0.374 e. The molecule has 5 nitrogen and oxygen atoms in total. The molecule has 1 fully saturated rings. The highest BCUT2D eigenvalue weighted by molar-refractivity contribution is 5.96. The summed E-state index contributed by atoms with van der Waals surface area (Å²) in [6.07, 6.45) is 7.32. The van der Waals surface area contributed by atoms with E-state index in [4.69, 9.17) is 9.52 Å². The largest absolute Gasteiger partial charge is 0.475 e. The maximum absolute atomic E-state index is 11.0. The van der Waals surface area contributed by atoms with Crippen LogP contribution in [0.5, 0.6) is 0 Å². The number of carbonyl (C=O) groups is 1. The molecule has 92 valence electrons. The van der Waals surface area contributed by atoms with Crippen molar-refractivity contribution >= 4 is 17.3 Å². The number of carboxylic acids is 1. The average Bonchev–Trinajstić information content (AvgIpc) is 2.72. The highest BCUT2D eigenvalue weighted by atomic mass is 16.4. The molecule has 0 atom stereocenters. The van der Waals surface area contributed by atoms with E-state index in [-0.39, 0.29) is 11.3 Å². The SMILES string of the molecule is O=C(O)c1occ2c1NC1(CCCCC1)CN2. The Labute approximate surface area is 99.2 Å². The number of hydrogen-bond donors (Lipinski definition) is 3. The van der Waals surface area contributed by atoms with Crippen molar-refractivity contribution < 1.29 is 14.3 Å². The zero-order chi connectivity index (χ0) is 11.9. The van der Waals surface area contributed by atoms with Gasteiger partial charge in [-0.25, -0.2) is 4.79 Å². The van der Waals surface area contributed by atoms with Crippen LogP contribution in [0.25, 0.3) is 0 Å². The maximum Gasteiger partial charge on any atom is 0.374 e. The van der Waals surface area contributed by atoms with Crippen molar-refractivity contribution in [3.63, 3.8) is 0 Å². The van der Waals surface area contributed by atoms with Gasteiger partial charge in [0.15, 0.2) is 0 Å². The number of aromatic carboxylic acids is 1. The van der Waals surface area contributed by atoms with Gasteiger partial charge in [-0.2, -0.15) is 0 Å². The fourth-order valence-electron chi connectivity index (χ4n) is 2.87. The second-order valence-corrected chi connectivity index (χ2v) is 4.98. The van der Waals surface area contributed by atoms with E-state index in [9.17, 15) is 4.79 Å². The first-order valence-corrected chi connectivity index (χ1v) is 6.07. The molecule has 2 aliphatic rings. The maximum atomic E-state index is 11.0. The first-order valence-electron chi connectivity index (χ1n) is 6.07. The molecule has 0 amide bonds. The second kappa shape index (κ2) is 3.68. The molecule has 3 N–H and O–H groups in total. The lowest BCUT2D eigenvalue weighted by molar-refractivity contribution is 0.0663. The highest BCUT2D eigenvalue weighted by Crippen LogP contribution is 2.40. The molecule has 0 unspecified atom stereocenters. The molecule has 0 aromatic carbocycles. The van der Waals surface area contributed by atoms with Crippen LogP contribution in [-0.2, 0) is 0 Å². The summed E-state index contributed by atoms with van der Waals surface area (Å²) >= 11 is 0. The summed E-state index contributed by atoms with van der Waals surface area (Å²) in [4.78, 5) is 11.0. The molecule has 0 saturated heterocycles. The lowest BCUT2D eigenvalue weighted by atomic mass is 9.80. The Morgan fingerprint density at radius 2 is 2.12 bits per heavy atom. The van der Waals surface area contributed by atoms with Gasteiger partial charge in [0.05, 0.1) is 11.2 Å². The number of rotatable bonds is 1. The summed E-state index contributed by atoms with van der Waals surface area (Å²) in [5, 5.41) is 15.7. The standard InChI is InChI=1S/C12H16N2O3/c15-11(16)10-9-8(6-17-10)13-7-12(14-9)4-2-1-3-5-12/h6,13-14H,1-5,7H2,(H,15,16). The number of furan rings is 1. The van der Waals surface area contributed by atoms with E-state index >= 15 is 0 Å². The molecule has 1 aliphatic carbocycles. The molecule has 0 bridgehead atoms. The first kappa shape index (κ1) is 10.5. The van der Waals surface area contributed by atoms with Gasteiger partial charge in [-0.3, -0.25) is 0 Å². The van der Waals surface area contributed by atoms with Crippen molar-refractivity contribution in [2.75, 3.05) is 17.2 Å². The van der Waals surface area contributed by atoms with Crippen molar-refractivity contribution in [3.8, 4) is 0 Å². The van der Waals surface area contributed by atoms with Gasteiger partial charge in [-0.05, 0) is 12.8 Å². The van der Waals surface area contributed by atoms with Crippen LogP contribution in [0.3, 0.4) is 0 Å². The van der Waals surface area contributed by atoms with Crippen molar-refractivity contribution in [3.05, 3.63) is 12.0 Å². The third-order valence-electron chi connectivity index (χ3n) is 3.80. The summed E-state index contributed by atoms with van der Waals surface area (Å²) < 4.78 is 5.09. The van der Waals surface area contributed by atoms with Crippen LogP contribution in [0.15, 0.2) is 10.7 Å². The lowest BCUT2D eigenvalue weighted by Crippen LogP contribution is -2.49. The average molecular weight is 236 g/mol. The zero-order valence-electron chi connectivity index (χ0n) is 9.58. The fourth-order valence-corrected chi connectivity index (χ4v) is 2.87. The molecule has 0 radical (unpaired) electrons. The van der Waals surface area contributed by atoms with Gasteiger partial charge in [0.1, 0.15) is 12.0 Å². The molecule has 2 heterocycles. The summed E-state index contributed by atoms with van der Waals surface area (Å²) in [6, 6.07) is 0. The molecule has 17 heavy (non-hydrogen) atoms. The monoisotopic (exact) mass is 236 g/mol. The molecule has 1 aromatic rings. The minimum atomic E-state index is -1.02. The van der Waals surface area contributed by atoms with E-state index in [1.165, 1.54) is 25.5 Å². The van der Waals surface area contributed by atoms with Crippen LogP contribution < -0.4 is 10.6 Å². The van der Waals surface area contributed by atoms with Crippen molar-refractivity contribution in [1.29, 1.82) is 0 Å². The van der Waals surface area contributed by atoms with Gasteiger partial charge in [0.25, 0.3) is 0 Å². The normalized spacial score (nSPS) is 21.4. The first-order chi connectivity index (χ1) is 8.20. The van der Waals surface area contributed by atoms with E-state index in [1.54, 1.807) is 0 Å². The third kappa shape index (κ3) is 1.66. The summed E-state index contributed by atoms with van der Waals surface area (Å²) in [7, 11) is 0. The molecule has 1 aliphatic heterocycles. The predicted molar refractivity (Wildman–Crippen MR) is 63.6 cm³/mol. The van der Waals surface area contributed by atoms with Gasteiger partial charge >= 0.3 is 5.97 Å². The quantitative estimate of drug-likeness (QED) is 0.698. The number of anilines is 2. The van der Waals surface area contributed by atoms with Gasteiger partial charge in [-0.15, -0.1) is 0 Å². The number of fused-ring (bicyclic) bond motifs is 1. The topological polar surface area (TPSA) is 74.5 Å². The summed E-state index contributed by atoms with van der Waals surface area (Å²) in [5.74, 6) is -1.01. The van der Waals surface area contributed by atoms with Gasteiger partial charge < -0.3 is 20.2 Å². The summed E-state index contributed by atoms with van der Waals surface area (Å²) in [5.41, 5.74) is 1.39. The van der Waals surface area contributed by atoms with E-state index in [0.29, 0.717) is 5.69 Å². The van der Waals surface area contributed by atoms with Crippen molar-refractivity contribution in [2.24, 2.45) is 0 Å². The Kier molecular flexibility index (Phi) is 2.28. The van der Waals surface area contributed by atoms with Crippen LogP contribution in [-0.4, -0.2) is 23.2 Å². The number of hydrogen-bond acceptors (Lipinski definition) is 4. The molecule has 1 spiro atoms.